The Morgan fingerprint density at radius 2 is 2.12 bits per heavy atom. The van der Waals surface area contributed by atoms with Gasteiger partial charge in [0, 0.05) is 41.4 Å². The molecule has 1 amide bonds. The molecule has 0 fully saturated rings. The van der Waals surface area contributed by atoms with Crippen molar-refractivity contribution in [1.82, 2.24) is 20.3 Å². The molecule has 4 rings (SSSR count). The molecule has 0 aliphatic heterocycles. The first-order valence-electron chi connectivity index (χ1n) is 8.27. The van der Waals surface area contributed by atoms with Gasteiger partial charge in [0.1, 0.15) is 0 Å². The van der Waals surface area contributed by atoms with Crippen molar-refractivity contribution in [2.24, 2.45) is 0 Å². The molecule has 0 radical (unpaired) electrons. The Morgan fingerprint density at radius 1 is 1.24 bits per heavy atom. The molecule has 124 valence electrons. The molecule has 0 atom stereocenters. The Balaban J connectivity index is 1.48. The SMILES string of the molecule is Cc1nc2ccncc2cc1C(=O)NCCc1c[nH]c2ccccc12. The fourth-order valence-electron chi connectivity index (χ4n) is 3.09. The summed E-state index contributed by atoms with van der Waals surface area (Å²) < 4.78 is 0. The van der Waals surface area contributed by atoms with Gasteiger partial charge in [-0.25, -0.2) is 0 Å². The standard InChI is InChI=1S/C20H18N4O/c1-13-17(10-15-11-21-8-7-18(15)24-13)20(25)22-9-6-14-12-23-19-5-3-2-4-16(14)19/h2-5,7-8,10-12,23H,6,9H2,1H3,(H,22,25). The zero-order valence-electron chi connectivity index (χ0n) is 13.9. The van der Waals surface area contributed by atoms with Crippen molar-refractivity contribution >= 4 is 27.7 Å². The number of aryl methyl sites for hydroxylation is 1. The van der Waals surface area contributed by atoms with Crippen molar-refractivity contribution in [3.63, 3.8) is 0 Å². The van der Waals surface area contributed by atoms with E-state index in [0.717, 1.165) is 28.5 Å². The summed E-state index contributed by atoms with van der Waals surface area (Å²) >= 11 is 0. The van der Waals surface area contributed by atoms with E-state index >= 15 is 0 Å². The molecule has 0 unspecified atom stereocenters. The average Bonchev–Trinajstić information content (AvgIpc) is 3.04. The molecule has 0 saturated carbocycles. The monoisotopic (exact) mass is 330 g/mol. The van der Waals surface area contributed by atoms with E-state index in [-0.39, 0.29) is 5.91 Å². The maximum absolute atomic E-state index is 12.5. The highest BCUT2D eigenvalue weighted by molar-refractivity contribution is 5.98. The lowest BCUT2D eigenvalue weighted by Crippen LogP contribution is -2.26. The van der Waals surface area contributed by atoms with E-state index in [9.17, 15) is 4.79 Å². The largest absolute Gasteiger partial charge is 0.361 e. The summed E-state index contributed by atoms with van der Waals surface area (Å²) in [7, 11) is 0. The van der Waals surface area contributed by atoms with Crippen LogP contribution < -0.4 is 5.32 Å². The quantitative estimate of drug-likeness (QED) is 0.602. The third kappa shape index (κ3) is 2.96. The number of nitrogens with one attached hydrogen (secondary N) is 2. The fourth-order valence-corrected chi connectivity index (χ4v) is 3.09. The topological polar surface area (TPSA) is 70.7 Å². The summed E-state index contributed by atoms with van der Waals surface area (Å²) in [4.78, 5) is 24.4. The number of rotatable bonds is 4. The molecule has 3 heterocycles. The lowest BCUT2D eigenvalue weighted by atomic mass is 10.1. The van der Waals surface area contributed by atoms with Crippen LogP contribution in [-0.2, 0) is 6.42 Å². The van der Waals surface area contributed by atoms with Gasteiger partial charge in [0.2, 0.25) is 0 Å². The maximum Gasteiger partial charge on any atom is 0.253 e. The van der Waals surface area contributed by atoms with Crippen LogP contribution in [0.3, 0.4) is 0 Å². The van der Waals surface area contributed by atoms with Gasteiger partial charge in [-0.05, 0) is 37.1 Å². The number of aromatic nitrogens is 3. The highest BCUT2D eigenvalue weighted by Gasteiger charge is 2.12. The predicted octanol–water partition coefficient (Wildman–Crippen LogP) is 3.39. The zero-order valence-corrected chi connectivity index (χ0v) is 13.9. The predicted molar refractivity (Wildman–Crippen MR) is 98.6 cm³/mol. The van der Waals surface area contributed by atoms with Gasteiger partial charge in [-0.3, -0.25) is 14.8 Å². The van der Waals surface area contributed by atoms with Crippen LogP contribution in [-0.4, -0.2) is 27.4 Å². The highest BCUT2D eigenvalue weighted by Crippen LogP contribution is 2.18. The number of para-hydroxylation sites is 1. The van der Waals surface area contributed by atoms with E-state index in [1.54, 1.807) is 12.4 Å². The number of carbonyl (C=O) groups is 1. The number of H-pyrrole nitrogens is 1. The maximum atomic E-state index is 12.5. The smallest absolute Gasteiger partial charge is 0.253 e. The molecule has 3 aromatic heterocycles. The molecule has 25 heavy (non-hydrogen) atoms. The zero-order chi connectivity index (χ0) is 17.2. The number of fused-ring (bicyclic) bond motifs is 2. The molecule has 5 nitrogen and oxygen atoms in total. The summed E-state index contributed by atoms with van der Waals surface area (Å²) in [6, 6.07) is 11.9. The van der Waals surface area contributed by atoms with Gasteiger partial charge < -0.3 is 10.3 Å². The van der Waals surface area contributed by atoms with Gasteiger partial charge in [-0.1, -0.05) is 18.2 Å². The second kappa shape index (κ2) is 6.36. The number of pyridine rings is 2. The number of aromatic amines is 1. The third-order valence-electron chi connectivity index (χ3n) is 4.41. The molecular weight excluding hydrogens is 312 g/mol. The van der Waals surface area contributed by atoms with Crippen molar-refractivity contribution in [2.45, 2.75) is 13.3 Å². The van der Waals surface area contributed by atoms with Gasteiger partial charge in [-0.15, -0.1) is 0 Å². The molecule has 0 aliphatic rings. The number of hydrogen-bond donors (Lipinski definition) is 2. The Kier molecular flexibility index (Phi) is 3.90. The van der Waals surface area contributed by atoms with Crippen LogP contribution in [0.5, 0.6) is 0 Å². The Morgan fingerprint density at radius 3 is 3.04 bits per heavy atom. The van der Waals surface area contributed by atoms with Crippen LogP contribution in [0.15, 0.2) is 55.0 Å². The van der Waals surface area contributed by atoms with Crippen LogP contribution in [0.4, 0.5) is 0 Å². The van der Waals surface area contributed by atoms with E-state index in [0.29, 0.717) is 12.1 Å². The second-order valence-electron chi connectivity index (χ2n) is 6.06. The first kappa shape index (κ1) is 15.3. The van der Waals surface area contributed by atoms with E-state index in [4.69, 9.17) is 0 Å². The number of hydrogen-bond acceptors (Lipinski definition) is 3. The number of carbonyl (C=O) groups excluding carboxylic acids is 1. The molecule has 0 saturated heterocycles. The van der Waals surface area contributed by atoms with Gasteiger partial charge in [0.05, 0.1) is 16.8 Å². The lowest BCUT2D eigenvalue weighted by Gasteiger charge is -2.08. The first-order chi connectivity index (χ1) is 12.2. The molecule has 0 bridgehead atoms. The summed E-state index contributed by atoms with van der Waals surface area (Å²) in [6.45, 7) is 2.43. The fraction of sp³-hybridized carbons (Fsp3) is 0.150. The number of nitrogens with zero attached hydrogens (tertiary/aromatic N) is 2. The van der Waals surface area contributed by atoms with Crippen LogP contribution >= 0.6 is 0 Å². The molecule has 1 aromatic carbocycles. The molecule has 0 spiro atoms. The van der Waals surface area contributed by atoms with Crippen molar-refractivity contribution in [2.75, 3.05) is 6.54 Å². The Labute approximate surface area is 145 Å². The third-order valence-corrected chi connectivity index (χ3v) is 4.41. The summed E-state index contributed by atoms with van der Waals surface area (Å²) in [5.41, 5.74) is 4.49. The number of benzene rings is 1. The minimum absolute atomic E-state index is 0.101. The highest BCUT2D eigenvalue weighted by atomic mass is 16.1. The second-order valence-corrected chi connectivity index (χ2v) is 6.06. The average molecular weight is 330 g/mol. The van der Waals surface area contributed by atoms with Gasteiger partial charge in [0.25, 0.3) is 5.91 Å². The summed E-state index contributed by atoms with van der Waals surface area (Å²) in [6.07, 6.45) is 6.21. The molecule has 0 aliphatic carbocycles. The number of amides is 1. The van der Waals surface area contributed by atoms with E-state index in [1.165, 1.54) is 10.9 Å². The van der Waals surface area contributed by atoms with E-state index in [2.05, 4.69) is 32.4 Å². The lowest BCUT2D eigenvalue weighted by molar-refractivity contribution is 0.0953. The van der Waals surface area contributed by atoms with Crippen LogP contribution in [0, 0.1) is 6.92 Å². The van der Waals surface area contributed by atoms with Crippen LogP contribution in [0.25, 0.3) is 21.8 Å². The van der Waals surface area contributed by atoms with Gasteiger partial charge >= 0.3 is 0 Å². The van der Waals surface area contributed by atoms with Gasteiger partial charge in [0.15, 0.2) is 0 Å². The van der Waals surface area contributed by atoms with Crippen molar-refractivity contribution in [3.8, 4) is 0 Å². The van der Waals surface area contributed by atoms with Crippen molar-refractivity contribution in [3.05, 3.63) is 71.8 Å². The molecule has 2 N–H and O–H groups in total. The first-order valence-corrected chi connectivity index (χ1v) is 8.27. The Hall–Kier alpha value is -3.21. The van der Waals surface area contributed by atoms with E-state index < -0.39 is 0 Å². The van der Waals surface area contributed by atoms with Crippen molar-refractivity contribution in [1.29, 1.82) is 0 Å². The van der Waals surface area contributed by atoms with Crippen molar-refractivity contribution < 1.29 is 4.79 Å². The van der Waals surface area contributed by atoms with Crippen LogP contribution in [0.2, 0.25) is 0 Å². The van der Waals surface area contributed by atoms with Crippen LogP contribution in [0.1, 0.15) is 21.6 Å². The molecular formula is C20H18N4O. The summed E-state index contributed by atoms with van der Waals surface area (Å²) in [5, 5.41) is 5.06. The molecule has 4 aromatic rings. The normalized spacial score (nSPS) is 11.1. The minimum Gasteiger partial charge on any atom is -0.361 e. The Bertz CT molecular complexity index is 1070. The minimum atomic E-state index is -0.101. The summed E-state index contributed by atoms with van der Waals surface area (Å²) in [5.74, 6) is -0.101. The molecule has 5 heteroatoms. The van der Waals surface area contributed by atoms with E-state index in [1.807, 2.05) is 37.4 Å². The van der Waals surface area contributed by atoms with Gasteiger partial charge in [-0.2, -0.15) is 0 Å².